The van der Waals surface area contributed by atoms with E-state index in [1.165, 1.54) is 0 Å². The van der Waals surface area contributed by atoms with Crippen LogP contribution in [0.5, 0.6) is 5.75 Å². The first-order valence-electron chi connectivity index (χ1n) is 4.98. The van der Waals surface area contributed by atoms with E-state index < -0.39 is 22.4 Å². The molecule has 0 atom stereocenters. The fourth-order valence-electron chi connectivity index (χ4n) is 1.16. The third-order valence-electron chi connectivity index (χ3n) is 2.01. The van der Waals surface area contributed by atoms with E-state index in [-0.39, 0.29) is 0 Å². The Balaban J connectivity index is 2.06. The van der Waals surface area contributed by atoms with E-state index in [4.69, 9.17) is 9.29 Å². The maximum absolute atomic E-state index is 11.6. The predicted octanol–water partition coefficient (Wildman–Crippen LogP) is 1.83. The number of rotatable bonds is 3. The molecule has 2 rings (SSSR count). The van der Waals surface area contributed by atoms with E-state index in [0.29, 0.717) is 22.5 Å². The number of carboxylic acids is 1. The Kier molecular flexibility index (Phi) is 3.71. The highest BCUT2D eigenvalue weighted by Crippen LogP contribution is 2.17. The van der Waals surface area contributed by atoms with E-state index in [1.54, 1.807) is 30.3 Å². The smallest absolute Gasteiger partial charge is 0.372 e. The molecule has 0 aliphatic heterocycles. The van der Waals surface area contributed by atoms with Crippen molar-refractivity contribution in [2.24, 2.45) is 0 Å². The molecule has 0 aliphatic rings. The summed E-state index contributed by atoms with van der Waals surface area (Å²) >= 11 is 0.415. The van der Waals surface area contributed by atoms with Crippen molar-refractivity contribution in [1.82, 2.24) is 4.74 Å². The Morgan fingerprint density at radius 1 is 1.26 bits per heavy atom. The lowest BCUT2D eigenvalue weighted by Crippen LogP contribution is -2.07. The van der Waals surface area contributed by atoms with Gasteiger partial charge in [-0.3, -0.25) is 4.79 Å². The summed E-state index contributed by atoms with van der Waals surface area (Å²) in [5.74, 6) is -1.02. The number of hydrogen-bond acceptors (Lipinski definition) is 6. The standard InChI is InChI=1S/C11H7NO6S/c13-9(14)8-6-12(17-10(8)15)11(16)19-18-7-4-2-1-3-5-7/h1-6H,(H,13,14). The van der Waals surface area contributed by atoms with Crippen LogP contribution in [0.3, 0.4) is 0 Å². The summed E-state index contributed by atoms with van der Waals surface area (Å²) < 4.78 is 10.0. The molecule has 8 heteroatoms. The van der Waals surface area contributed by atoms with E-state index in [0.717, 1.165) is 6.20 Å². The molecule has 0 fully saturated rings. The molecule has 7 nitrogen and oxygen atoms in total. The fourth-order valence-corrected chi connectivity index (χ4v) is 1.61. The number of benzene rings is 1. The summed E-state index contributed by atoms with van der Waals surface area (Å²) in [4.78, 5) is 33.3. The molecular formula is C11H7NO6S. The summed E-state index contributed by atoms with van der Waals surface area (Å²) in [5.41, 5.74) is -1.71. The Morgan fingerprint density at radius 3 is 2.53 bits per heavy atom. The maximum Gasteiger partial charge on any atom is 0.372 e. The number of aromatic nitrogens is 1. The second-order valence-electron chi connectivity index (χ2n) is 3.30. The van der Waals surface area contributed by atoms with Crippen LogP contribution in [0.15, 0.2) is 45.8 Å². The van der Waals surface area contributed by atoms with Gasteiger partial charge in [0, 0.05) is 0 Å². The van der Waals surface area contributed by atoms with Gasteiger partial charge in [-0.2, -0.15) is 0 Å². The van der Waals surface area contributed by atoms with Crippen molar-refractivity contribution in [3.8, 4) is 5.75 Å². The van der Waals surface area contributed by atoms with Crippen molar-refractivity contribution in [2.45, 2.75) is 0 Å². The van der Waals surface area contributed by atoms with Gasteiger partial charge >= 0.3 is 16.8 Å². The SMILES string of the molecule is O=C(O)c1cn(C(=O)SOc2ccccc2)oc1=O. The first-order valence-corrected chi connectivity index (χ1v) is 5.72. The monoisotopic (exact) mass is 281 g/mol. The van der Waals surface area contributed by atoms with Crippen LogP contribution in [-0.4, -0.2) is 21.1 Å². The Bertz CT molecular complexity index is 659. The van der Waals surface area contributed by atoms with Gasteiger partial charge in [0.15, 0.2) is 17.6 Å². The average Bonchev–Trinajstić information content (AvgIpc) is 2.79. The average molecular weight is 281 g/mol. The molecule has 0 saturated carbocycles. The number of carbonyl (C=O) groups excluding carboxylic acids is 1. The zero-order valence-electron chi connectivity index (χ0n) is 9.31. The minimum Gasteiger partial charge on any atom is -0.477 e. The first kappa shape index (κ1) is 13.0. The van der Waals surface area contributed by atoms with Crippen LogP contribution in [-0.2, 0) is 0 Å². The van der Waals surface area contributed by atoms with Gasteiger partial charge in [0.1, 0.15) is 5.75 Å². The number of hydrogen-bond donors (Lipinski definition) is 1. The second kappa shape index (κ2) is 5.44. The number of carboxylic acid groups (broad SMARTS) is 1. The van der Waals surface area contributed by atoms with Crippen LogP contribution in [0.25, 0.3) is 0 Å². The first-order chi connectivity index (χ1) is 9.08. The van der Waals surface area contributed by atoms with Crippen LogP contribution < -0.4 is 9.81 Å². The Hall–Kier alpha value is -2.48. The Labute approximate surface area is 110 Å². The van der Waals surface area contributed by atoms with Crippen LogP contribution >= 0.6 is 12.0 Å². The third kappa shape index (κ3) is 3.05. The third-order valence-corrected chi connectivity index (χ3v) is 2.61. The highest BCUT2D eigenvalue weighted by atomic mass is 32.2. The van der Waals surface area contributed by atoms with E-state index >= 15 is 0 Å². The molecule has 1 heterocycles. The second-order valence-corrected chi connectivity index (χ2v) is 3.98. The minimum absolute atomic E-state index is 0.415. The molecule has 0 bridgehead atoms. The maximum atomic E-state index is 11.6. The number of carbonyl (C=O) groups is 2. The van der Waals surface area contributed by atoms with Crippen LogP contribution in [0.4, 0.5) is 4.79 Å². The molecule has 0 saturated heterocycles. The van der Waals surface area contributed by atoms with Gasteiger partial charge in [-0.05, 0) is 12.1 Å². The van der Waals surface area contributed by atoms with Gasteiger partial charge in [0.25, 0.3) is 0 Å². The number of aromatic carboxylic acids is 1. The molecule has 2 aromatic rings. The van der Waals surface area contributed by atoms with Crippen LogP contribution in [0.2, 0.25) is 0 Å². The van der Waals surface area contributed by atoms with E-state index in [9.17, 15) is 14.4 Å². The molecule has 1 aromatic heterocycles. The zero-order valence-corrected chi connectivity index (χ0v) is 10.1. The largest absolute Gasteiger partial charge is 0.477 e. The van der Waals surface area contributed by atoms with Crippen molar-refractivity contribution < 1.29 is 23.4 Å². The fraction of sp³-hybridized carbons (Fsp3) is 0. The lowest BCUT2D eigenvalue weighted by molar-refractivity contribution is 0.0694. The topological polar surface area (TPSA) is 98.7 Å². The lowest BCUT2D eigenvalue weighted by Gasteiger charge is -2.01. The quantitative estimate of drug-likeness (QED) is 0.857. The zero-order chi connectivity index (χ0) is 13.8. The van der Waals surface area contributed by atoms with Gasteiger partial charge in [-0.15, -0.1) is 4.74 Å². The van der Waals surface area contributed by atoms with Gasteiger partial charge in [0.2, 0.25) is 0 Å². The van der Waals surface area contributed by atoms with Crippen molar-refractivity contribution in [3.05, 3.63) is 52.5 Å². The molecule has 0 amide bonds. The molecule has 98 valence electrons. The van der Waals surface area contributed by atoms with E-state index in [1.807, 2.05) is 0 Å². The molecule has 0 unspecified atom stereocenters. The summed E-state index contributed by atoms with van der Waals surface area (Å²) in [7, 11) is 0. The van der Waals surface area contributed by atoms with E-state index in [2.05, 4.69) is 4.52 Å². The van der Waals surface area contributed by atoms with Crippen molar-refractivity contribution in [1.29, 1.82) is 0 Å². The van der Waals surface area contributed by atoms with Gasteiger partial charge in [0.05, 0.1) is 6.20 Å². The molecule has 19 heavy (non-hydrogen) atoms. The predicted molar refractivity (Wildman–Crippen MR) is 65.4 cm³/mol. The van der Waals surface area contributed by atoms with Gasteiger partial charge in [-0.25, -0.2) is 9.59 Å². The van der Waals surface area contributed by atoms with Gasteiger partial charge in [-0.1, -0.05) is 18.2 Å². The summed E-state index contributed by atoms with van der Waals surface area (Å²) in [5, 5.41) is 7.88. The van der Waals surface area contributed by atoms with Crippen molar-refractivity contribution in [2.75, 3.05) is 0 Å². The van der Waals surface area contributed by atoms with Crippen LogP contribution in [0, 0.1) is 0 Å². The summed E-state index contributed by atoms with van der Waals surface area (Å²) in [6.07, 6.45) is 0.800. The normalized spacial score (nSPS) is 10.1. The van der Waals surface area contributed by atoms with Gasteiger partial charge < -0.3 is 13.8 Å². The van der Waals surface area contributed by atoms with Crippen LogP contribution in [0.1, 0.15) is 10.4 Å². The highest BCUT2D eigenvalue weighted by Gasteiger charge is 2.18. The molecule has 0 spiro atoms. The lowest BCUT2D eigenvalue weighted by atomic mass is 10.3. The summed E-state index contributed by atoms with van der Waals surface area (Å²) in [6.45, 7) is 0. The molecule has 1 aromatic carbocycles. The van der Waals surface area contributed by atoms with Crippen molar-refractivity contribution >= 4 is 23.3 Å². The molecule has 1 N–H and O–H groups in total. The Morgan fingerprint density at radius 2 is 1.95 bits per heavy atom. The van der Waals surface area contributed by atoms with Crippen molar-refractivity contribution in [3.63, 3.8) is 0 Å². The number of nitrogens with zero attached hydrogens (tertiary/aromatic N) is 1. The number of para-hydroxylation sites is 1. The molecule has 0 aliphatic carbocycles. The minimum atomic E-state index is -1.46. The summed E-state index contributed by atoms with van der Waals surface area (Å²) in [6, 6.07) is 8.49. The highest BCUT2D eigenvalue weighted by molar-refractivity contribution is 8.09. The molecular weight excluding hydrogens is 274 g/mol. The molecule has 0 radical (unpaired) electrons.